The van der Waals surface area contributed by atoms with Crippen molar-refractivity contribution in [2.24, 2.45) is 5.92 Å². The normalized spacial score (nSPS) is 26.6. The van der Waals surface area contributed by atoms with Crippen molar-refractivity contribution in [3.63, 3.8) is 0 Å². The van der Waals surface area contributed by atoms with Gasteiger partial charge in [-0.05, 0) is 24.0 Å². The lowest BCUT2D eigenvalue weighted by Gasteiger charge is -2.41. The van der Waals surface area contributed by atoms with E-state index in [0.717, 1.165) is 0 Å². The Kier molecular flexibility index (Phi) is 4.10. The summed E-state index contributed by atoms with van der Waals surface area (Å²) in [6.07, 6.45) is 0.530. The average molecular weight is 296 g/mol. The molecule has 2 aromatic rings. The summed E-state index contributed by atoms with van der Waals surface area (Å²) < 4.78 is 0. The van der Waals surface area contributed by atoms with Crippen LogP contribution in [0.4, 0.5) is 0 Å². The Morgan fingerprint density at radius 2 is 1.59 bits per heavy atom. The number of Topliss-reactive ketones (excluding diaryl/α,β-unsaturated/α-hetero) is 1. The summed E-state index contributed by atoms with van der Waals surface area (Å²) in [4.78, 5) is 12.5. The van der Waals surface area contributed by atoms with Crippen LogP contribution in [0.1, 0.15) is 36.5 Å². The lowest BCUT2D eigenvalue weighted by molar-refractivity contribution is -0.151. The molecule has 0 aliphatic heterocycles. The van der Waals surface area contributed by atoms with Crippen LogP contribution < -0.4 is 0 Å². The topological polar surface area (TPSA) is 57.5 Å². The maximum absolute atomic E-state index is 12.5. The highest BCUT2D eigenvalue weighted by Gasteiger charge is 2.48. The minimum atomic E-state index is -1.31. The molecule has 0 aromatic heterocycles. The van der Waals surface area contributed by atoms with Crippen molar-refractivity contribution in [2.45, 2.75) is 31.0 Å². The first kappa shape index (κ1) is 14.9. The van der Waals surface area contributed by atoms with Crippen molar-refractivity contribution < 1.29 is 15.0 Å². The number of carbonyl (C=O) groups is 1. The number of aliphatic hydroxyl groups is 2. The molecule has 2 aromatic carbocycles. The Bertz CT molecular complexity index is 638. The van der Waals surface area contributed by atoms with Gasteiger partial charge >= 0.3 is 0 Å². The second kappa shape index (κ2) is 6.03. The van der Waals surface area contributed by atoms with Gasteiger partial charge in [-0.2, -0.15) is 0 Å². The minimum Gasteiger partial charge on any atom is -0.388 e. The Balaban J connectivity index is 2.03. The average Bonchev–Trinajstić information content (AvgIpc) is 2.56. The maximum atomic E-state index is 12.5. The number of benzene rings is 2. The summed E-state index contributed by atoms with van der Waals surface area (Å²) in [7, 11) is 0. The van der Waals surface area contributed by atoms with Crippen molar-refractivity contribution >= 4 is 5.78 Å². The van der Waals surface area contributed by atoms with Crippen LogP contribution in [-0.2, 0) is 10.4 Å². The van der Waals surface area contributed by atoms with E-state index in [1.807, 2.05) is 48.5 Å². The van der Waals surface area contributed by atoms with Crippen LogP contribution in [0, 0.1) is 5.92 Å². The highest BCUT2D eigenvalue weighted by Crippen LogP contribution is 2.45. The monoisotopic (exact) mass is 296 g/mol. The van der Waals surface area contributed by atoms with Gasteiger partial charge in [0.2, 0.25) is 0 Å². The molecule has 0 saturated heterocycles. The zero-order chi connectivity index (χ0) is 15.6. The molecule has 1 saturated carbocycles. The van der Waals surface area contributed by atoms with Crippen LogP contribution >= 0.6 is 0 Å². The summed E-state index contributed by atoms with van der Waals surface area (Å²) in [5, 5.41) is 22.0. The first-order chi connectivity index (χ1) is 10.6. The largest absolute Gasteiger partial charge is 0.388 e. The predicted molar refractivity (Wildman–Crippen MR) is 84.1 cm³/mol. The van der Waals surface area contributed by atoms with E-state index in [9.17, 15) is 15.0 Å². The van der Waals surface area contributed by atoms with Gasteiger partial charge in [-0.25, -0.2) is 0 Å². The Hall–Kier alpha value is -1.97. The molecule has 1 aliphatic carbocycles. The number of ketones is 1. The number of aliphatic hydroxyl groups excluding tert-OH is 1. The molecule has 3 atom stereocenters. The zero-order valence-corrected chi connectivity index (χ0v) is 12.4. The third-order valence-electron chi connectivity index (χ3n) is 4.57. The van der Waals surface area contributed by atoms with Crippen molar-refractivity contribution in [3.05, 3.63) is 71.8 Å². The molecule has 0 radical (unpaired) electrons. The summed E-state index contributed by atoms with van der Waals surface area (Å²) >= 11 is 0. The molecular formula is C19H20O3. The van der Waals surface area contributed by atoms with Crippen molar-refractivity contribution in [1.82, 2.24) is 0 Å². The van der Waals surface area contributed by atoms with E-state index in [2.05, 4.69) is 0 Å². The second-order valence-corrected chi connectivity index (χ2v) is 5.94. The minimum absolute atomic E-state index is 0.0750. The molecule has 22 heavy (non-hydrogen) atoms. The smallest absolute Gasteiger partial charge is 0.142 e. The van der Waals surface area contributed by atoms with E-state index in [-0.39, 0.29) is 5.78 Å². The number of hydrogen-bond donors (Lipinski definition) is 2. The molecule has 0 heterocycles. The van der Waals surface area contributed by atoms with E-state index in [1.165, 1.54) is 0 Å². The fraction of sp³-hybridized carbons (Fsp3) is 0.316. The number of rotatable bonds is 3. The van der Waals surface area contributed by atoms with Crippen LogP contribution in [0.2, 0.25) is 0 Å². The zero-order valence-electron chi connectivity index (χ0n) is 12.4. The van der Waals surface area contributed by atoms with Gasteiger partial charge < -0.3 is 10.2 Å². The van der Waals surface area contributed by atoms with Gasteiger partial charge in [0.15, 0.2) is 0 Å². The molecule has 114 valence electrons. The molecule has 3 heteroatoms. The van der Waals surface area contributed by atoms with Crippen LogP contribution in [0.15, 0.2) is 60.7 Å². The molecule has 2 N–H and O–H groups in total. The summed E-state index contributed by atoms with van der Waals surface area (Å²) in [5.74, 6) is -0.903. The molecular weight excluding hydrogens is 276 g/mol. The van der Waals surface area contributed by atoms with E-state index in [0.29, 0.717) is 30.4 Å². The molecule has 3 rings (SSSR count). The van der Waals surface area contributed by atoms with E-state index in [4.69, 9.17) is 0 Å². The first-order valence-electron chi connectivity index (χ1n) is 7.66. The predicted octanol–water partition coefficient (Wildman–Crippen LogP) is 2.98. The van der Waals surface area contributed by atoms with Gasteiger partial charge in [0, 0.05) is 6.42 Å². The fourth-order valence-electron chi connectivity index (χ4n) is 3.44. The molecule has 0 bridgehead atoms. The lowest BCUT2D eigenvalue weighted by Crippen LogP contribution is -2.46. The molecule has 0 spiro atoms. The van der Waals surface area contributed by atoms with Gasteiger partial charge in [0.25, 0.3) is 0 Å². The van der Waals surface area contributed by atoms with Gasteiger partial charge in [-0.3, -0.25) is 4.79 Å². The summed E-state index contributed by atoms with van der Waals surface area (Å²) in [6, 6.07) is 18.3. The standard InChI is InChI=1S/C19H20O3/c20-16-12-7-13-19(22,15-10-5-2-6-11-15)17(16)18(21)14-8-3-1-4-9-14/h1-6,8-11,17-18,21-22H,7,12-13H2/t17-,18+,19-/m1/s1. The highest BCUT2D eigenvalue weighted by atomic mass is 16.3. The summed E-state index contributed by atoms with van der Waals surface area (Å²) in [6.45, 7) is 0. The van der Waals surface area contributed by atoms with E-state index < -0.39 is 17.6 Å². The molecule has 1 fully saturated rings. The summed E-state index contributed by atoms with van der Waals surface area (Å²) in [5.41, 5.74) is 0.0476. The number of carbonyl (C=O) groups excluding carboxylic acids is 1. The van der Waals surface area contributed by atoms with Gasteiger partial charge in [0.1, 0.15) is 11.4 Å². The second-order valence-electron chi connectivity index (χ2n) is 5.94. The lowest BCUT2D eigenvalue weighted by atomic mass is 9.67. The van der Waals surface area contributed by atoms with Crippen LogP contribution in [0.25, 0.3) is 0 Å². The Morgan fingerprint density at radius 1 is 1.00 bits per heavy atom. The fourth-order valence-corrected chi connectivity index (χ4v) is 3.44. The van der Waals surface area contributed by atoms with Crippen molar-refractivity contribution in [3.8, 4) is 0 Å². The van der Waals surface area contributed by atoms with Gasteiger partial charge in [0.05, 0.1) is 12.0 Å². The van der Waals surface area contributed by atoms with Gasteiger partial charge in [-0.1, -0.05) is 60.7 Å². The van der Waals surface area contributed by atoms with E-state index >= 15 is 0 Å². The number of hydrogen-bond acceptors (Lipinski definition) is 3. The van der Waals surface area contributed by atoms with Crippen LogP contribution in [0.3, 0.4) is 0 Å². The molecule has 0 amide bonds. The molecule has 0 unspecified atom stereocenters. The van der Waals surface area contributed by atoms with Gasteiger partial charge in [-0.15, -0.1) is 0 Å². The van der Waals surface area contributed by atoms with E-state index in [1.54, 1.807) is 12.1 Å². The maximum Gasteiger partial charge on any atom is 0.142 e. The SMILES string of the molecule is O=C1CCC[C@@](O)(c2ccccc2)[C@H]1[C@@H](O)c1ccccc1. The van der Waals surface area contributed by atoms with Crippen molar-refractivity contribution in [2.75, 3.05) is 0 Å². The Morgan fingerprint density at radius 3 is 2.23 bits per heavy atom. The quantitative estimate of drug-likeness (QED) is 0.915. The molecule has 1 aliphatic rings. The van der Waals surface area contributed by atoms with Crippen LogP contribution in [-0.4, -0.2) is 16.0 Å². The van der Waals surface area contributed by atoms with Crippen LogP contribution in [0.5, 0.6) is 0 Å². The highest BCUT2D eigenvalue weighted by molar-refractivity contribution is 5.84. The molecule has 3 nitrogen and oxygen atoms in total. The third kappa shape index (κ3) is 2.58. The van der Waals surface area contributed by atoms with Crippen molar-refractivity contribution in [1.29, 1.82) is 0 Å². The third-order valence-corrected chi connectivity index (χ3v) is 4.57. The first-order valence-corrected chi connectivity index (χ1v) is 7.66. The Labute approximate surface area is 130 Å².